The molecule has 24 heavy (non-hydrogen) atoms. The van der Waals surface area contributed by atoms with E-state index in [1.54, 1.807) is 0 Å². The molecule has 1 fully saturated rings. The third-order valence-corrected chi connectivity index (χ3v) is 5.30. The van der Waals surface area contributed by atoms with Gasteiger partial charge in [0.2, 0.25) is 11.8 Å². The lowest BCUT2D eigenvalue weighted by molar-refractivity contribution is -0.137. The second-order valence-electron chi connectivity index (χ2n) is 6.85. The van der Waals surface area contributed by atoms with Gasteiger partial charge in [-0.15, -0.1) is 0 Å². The molecule has 0 bridgehead atoms. The molecule has 0 radical (unpaired) electrons. The van der Waals surface area contributed by atoms with E-state index in [0.717, 1.165) is 44.5 Å². The number of nitrogens with one attached hydrogen (secondary N) is 1. The molecule has 1 aliphatic rings. The second-order valence-corrected chi connectivity index (χ2v) is 6.85. The Labute approximate surface area is 145 Å². The number of nitrogens with zero attached hydrogens (tertiary/aromatic N) is 1. The minimum atomic E-state index is 0.0207. The number of rotatable bonds is 5. The van der Waals surface area contributed by atoms with Crippen molar-refractivity contribution in [2.45, 2.75) is 53.4 Å². The van der Waals surface area contributed by atoms with E-state index in [9.17, 15) is 9.59 Å². The number of amides is 2. The Hall–Kier alpha value is -1.84. The maximum Gasteiger partial charge on any atom is 0.227 e. The molecule has 4 nitrogen and oxygen atoms in total. The molecule has 1 N–H and O–H groups in total. The van der Waals surface area contributed by atoms with Gasteiger partial charge in [-0.1, -0.05) is 6.07 Å². The molecule has 4 heteroatoms. The maximum atomic E-state index is 12.5. The van der Waals surface area contributed by atoms with Crippen LogP contribution in [0.2, 0.25) is 0 Å². The molecule has 0 aromatic heterocycles. The van der Waals surface area contributed by atoms with Crippen LogP contribution in [-0.2, 0) is 9.59 Å². The Balaban J connectivity index is 1.88. The monoisotopic (exact) mass is 330 g/mol. The minimum absolute atomic E-state index is 0.0207. The van der Waals surface area contributed by atoms with Crippen molar-refractivity contribution in [3.63, 3.8) is 0 Å². The summed E-state index contributed by atoms with van der Waals surface area (Å²) in [5, 5.41) is 3.03. The van der Waals surface area contributed by atoms with Crippen molar-refractivity contribution in [2.24, 2.45) is 11.8 Å². The molecule has 1 aromatic rings. The van der Waals surface area contributed by atoms with Crippen molar-refractivity contribution in [1.82, 2.24) is 4.90 Å². The summed E-state index contributed by atoms with van der Waals surface area (Å²) in [5.74, 6) is 0.461. The van der Waals surface area contributed by atoms with Gasteiger partial charge in [-0.25, -0.2) is 0 Å². The summed E-state index contributed by atoms with van der Waals surface area (Å²) < 4.78 is 0. The van der Waals surface area contributed by atoms with Gasteiger partial charge in [0, 0.05) is 30.6 Å². The van der Waals surface area contributed by atoms with E-state index >= 15 is 0 Å². The molecule has 2 amide bonds. The lowest BCUT2D eigenvalue weighted by Crippen LogP contribution is -2.38. The van der Waals surface area contributed by atoms with Crippen molar-refractivity contribution in [1.29, 1.82) is 0 Å². The first-order valence-corrected chi connectivity index (χ1v) is 9.13. The summed E-state index contributed by atoms with van der Waals surface area (Å²) in [6.07, 6.45) is 3.24. The van der Waals surface area contributed by atoms with Crippen molar-refractivity contribution in [3.8, 4) is 0 Å². The normalized spacial score (nSPS) is 20.5. The number of aryl methyl sites for hydroxylation is 2. The van der Waals surface area contributed by atoms with Crippen LogP contribution in [0.15, 0.2) is 18.2 Å². The fourth-order valence-corrected chi connectivity index (χ4v) is 3.46. The van der Waals surface area contributed by atoms with E-state index in [4.69, 9.17) is 0 Å². The van der Waals surface area contributed by atoms with E-state index in [-0.39, 0.29) is 23.7 Å². The average Bonchev–Trinajstić information content (AvgIpc) is 2.59. The summed E-state index contributed by atoms with van der Waals surface area (Å²) >= 11 is 0. The summed E-state index contributed by atoms with van der Waals surface area (Å²) in [6, 6.07) is 6.00. The molecule has 0 spiro atoms. The van der Waals surface area contributed by atoms with Crippen molar-refractivity contribution in [2.75, 3.05) is 18.4 Å². The zero-order valence-corrected chi connectivity index (χ0v) is 15.4. The summed E-state index contributed by atoms with van der Waals surface area (Å²) in [4.78, 5) is 26.8. The van der Waals surface area contributed by atoms with Gasteiger partial charge in [0.05, 0.1) is 0 Å². The predicted octanol–water partition coefficient (Wildman–Crippen LogP) is 3.92. The smallest absolute Gasteiger partial charge is 0.227 e. The highest BCUT2D eigenvalue weighted by Gasteiger charge is 2.31. The van der Waals surface area contributed by atoms with Gasteiger partial charge >= 0.3 is 0 Å². The van der Waals surface area contributed by atoms with Crippen LogP contribution in [0.3, 0.4) is 0 Å². The van der Waals surface area contributed by atoms with Gasteiger partial charge < -0.3 is 10.2 Å². The lowest BCUT2D eigenvalue weighted by atomic mass is 9.81. The van der Waals surface area contributed by atoms with Gasteiger partial charge in [-0.3, -0.25) is 9.59 Å². The Bertz CT molecular complexity index is 585. The Morgan fingerprint density at radius 1 is 1.00 bits per heavy atom. The van der Waals surface area contributed by atoms with Crippen LogP contribution < -0.4 is 5.32 Å². The molecule has 2 rings (SSSR count). The highest BCUT2D eigenvalue weighted by atomic mass is 16.2. The van der Waals surface area contributed by atoms with Crippen LogP contribution in [-0.4, -0.2) is 29.8 Å². The zero-order valence-electron chi connectivity index (χ0n) is 15.4. The van der Waals surface area contributed by atoms with E-state index in [0.29, 0.717) is 0 Å². The molecule has 0 unspecified atom stereocenters. The van der Waals surface area contributed by atoms with Crippen LogP contribution in [0.5, 0.6) is 0 Å². The SMILES string of the molecule is CCN(CC)C(=O)C1CCC(C(=O)Nc2ccc(C)c(C)c2)CC1. The molecule has 0 aliphatic heterocycles. The van der Waals surface area contributed by atoms with Crippen LogP contribution >= 0.6 is 0 Å². The van der Waals surface area contributed by atoms with E-state index in [2.05, 4.69) is 19.2 Å². The topological polar surface area (TPSA) is 49.4 Å². The minimum Gasteiger partial charge on any atom is -0.343 e. The second kappa shape index (κ2) is 8.32. The Kier molecular flexibility index (Phi) is 6.41. The first kappa shape index (κ1) is 18.5. The number of hydrogen-bond acceptors (Lipinski definition) is 2. The number of hydrogen-bond donors (Lipinski definition) is 1. The number of carbonyl (C=O) groups is 2. The molecule has 0 atom stereocenters. The Morgan fingerprint density at radius 3 is 2.12 bits per heavy atom. The molecule has 132 valence electrons. The molecule has 1 aliphatic carbocycles. The molecule has 1 aromatic carbocycles. The molecule has 1 saturated carbocycles. The number of carbonyl (C=O) groups excluding carboxylic acids is 2. The molecular weight excluding hydrogens is 300 g/mol. The summed E-state index contributed by atoms with van der Waals surface area (Å²) in [6.45, 7) is 9.68. The van der Waals surface area contributed by atoms with Crippen LogP contribution in [0.1, 0.15) is 50.7 Å². The van der Waals surface area contributed by atoms with Crippen LogP contribution in [0.25, 0.3) is 0 Å². The first-order chi connectivity index (χ1) is 11.5. The van der Waals surface area contributed by atoms with E-state index < -0.39 is 0 Å². The summed E-state index contributed by atoms with van der Waals surface area (Å²) in [5.41, 5.74) is 3.27. The fraction of sp³-hybridized carbons (Fsp3) is 0.600. The Morgan fingerprint density at radius 2 is 1.58 bits per heavy atom. The largest absolute Gasteiger partial charge is 0.343 e. The van der Waals surface area contributed by atoms with Crippen LogP contribution in [0, 0.1) is 25.7 Å². The van der Waals surface area contributed by atoms with Gasteiger partial charge in [0.15, 0.2) is 0 Å². The highest BCUT2D eigenvalue weighted by molar-refractivity contribution is 5.93. The maximum absolute atomic E-state index is 12.5. The third-order valence-electron chi connectivity index (χ3n) is 5.30. The molecule has 0 heterocycles. The van der Waals surface area contributed by atoms with Gasteiger partial charge in [-0.2, -0.15) is 0 Å². The standard InChI is InChI=1S/C20H30N2O2/c1-5-22(6-2)20(24)17-10-8-16(9-11-17)19(23)21-18-12-7-14(3)15(4)13-18/h7,12-13,16-17H,5-6,8-11H2,1-4H3,(H,21,23). The quantitative estimate of drug-likeness (QED) is 0.889. The number of benzene rings is 1. The van der Waals surface area contributed by atoms with E-state index in [1.807, 2.05) is 36.9 Å². The molecular formula is C20H30N2O2. The van der Waals surface area contributed by atoms with Crippen molar-refractivity contribution < 1.29 is 9.59 Å². The van der Waals surface area contributed by atoms with Gasteiger partial charge in [0.1, 0.15) is 0 Å². The van der Waals surface area contributed by atoms with Crippen LogP contribution in [0.4, 0.5) is 5.69 Å². The number of anilines is 1. The highest BCUT2D eigenvalue weighted by Crippen LogP contribution is 2.31. The van der Waals surface area contributed by atoms with Crippen molar-refractivity contribution >= 4 is 17.5 Å². The molecule has 0 saturated heterocycles. The average molecular weight is 330 g/mol. The first-order valence-electron chi connectivity index (χ1n) is 9.13. The fourth-order valence-electron chi connectivity index (χ4n) is 3.46. The van der Waals surface area contributed by atoms with Crippen molar-refractivity contribution in [3.05, 3.63) is 29.3 Å². The predicted molar refractivity (Wildman–Crippen MR) is 97.9 cm³/mol. The summed E-state index contributed by atoms with van der Waals surface area (Å²) in [7, 11) is 0. The van der Waals surface area contributed by atoms with Gasteiger partial charge in [-0.05, 0) is 76.6 Å². The zero-order chi connectivity index (χ0) is 17.7. The van der Waals surface area contributed by atoms with E-state index in [1.165, 1.54) is 11.1 Å². The third kappa shape index (κ3) is 4.37. The lowest BCUT2D eigenvalue weighted by Gasteiger charge is -2.30. The van der Waals surface area contributed by atoms with Gasteiger partial charge in [0.25, 0.3) is 0 Å².